The van der Waals surface area contributed by atoms with Gasteiger partial charge in [0.05, 0.1) is 29.7 Å². The van der Waals surface area contributed by atoms with Gasteiger partial charge in [-0.1, -0.05) is 0 Å². The lowest BCUT2D eigenvalue weighted by atomic mass is 10.1. The summed E-state index contributed by atoms with van der Waals surface area (Å²) in [5.74, 6) is -2.14. The van der Waals surface area contributed by atoms with Crippen LogP contribution in [0.25, 0.3) is 0 Å². The number of carbonyl (C=O) groups is 3. The minimum atomic E-state index is -1.18. The zero-order valence-electron chi connectivity index (χ0n) is 13.6. The summed E-state index contributed by atoms with van der Waals surface area (Å²) < 4.78 is 5.05. The Bertz CT molecular complexity index is 875. The second kappa shape index (κ2) is 7.88. The molecule has 0 spiro atoms. The lowest BCUT2D eigenvalue weighted by Crippen LogP contribution is -2.17. The van der Waals surface area contributed by atoms with Gasteiger partial charge >= 0.3 is 5.97 Å². The van der Waals surface area contributed by atoms with Crippen LogP contribution in [0.3, 0.4) is 0 Å². The summed E-state index contributed by atoms with van der Waals surface area (Å²) in [7, 11) is 1.35. The molecule has 2 N–H and O–H groups in total. The van der Waals surface area contributed by atoms with Crippen molar-refractivity contribution < 1.29 is 29.2 Å². The Morgan fingerprint density at radius 1 is 1.12 bits per heavy atom. The van der Waals surface area contributed by atoms with Crippen molar-refractivity contribution in [1.29, 1.82) is 0 Å². The number of rotatable bonds is 7. The van der Waals surface area contributed by atoms with Crippen molar-refractivity contribution in [2.24, 2.45) is 0 Å². The van der Waals surface area contributed by atoms with Gasteiger partial charge in [-0.15, -0.1) is 0 Å². The van der Waals surface area contributed by atoms with Gasteiger partial charge in [0.25, 0.3) is 5.69 Å². The van der Waals surface area contributed by atoms with Gasteiger partial charge in [0.1, 0.15) is 5.75 Å². The van der Waals surface area contributed by atoms with E-state index in [1.807, 2.05) is 0 Å². The van der Waals surface area contributed by atoms with E-state index in [9.17, 15) is 24.5 Å². The number of carboxylic acids is 1. The number of Topliss-reactive ketones (excluding diaryl/α,β-unsaturated/α-hetero) is 1. The number of anilines is 1. The number of benzene rings is 2. The van der Waals surface area contributed by atoms with Crippen LogP contribution in [0, 0.1) is 10.1 Å². The van der Waals surface area contributed by atoms with Gasteiger partial charge in [-0.3, -0.25) is 19.7 Å². The van der Waals surface area contributed by atoms with Gasteiger partial charge < -0.3 is 15.2 Å². The predicted octanol–water partition coefficient (Wildman–Crippen LogP) is 2.51. The smallest absolute Gasteiger partial charge is 0.335 e. The van der Waals surface area contributed by atoms with Crippen molar-refractivity contribution in [3.8, 4) is 5.75 Å². The lowest BCUT2D eigenvalue weighted by molar-refractivity contribution is -0.384. The molecule has 0 bridgehead atoms. The van der Waals surface area contributed by atoms with Crippen LogP contribution in [0.5, 0.6) is 5.75 Å². The Hall–Kier alpha value is -3.75. The lowest BCUT2D eigenvalue weighted by Gasteiger charge is -2.11. The first-order chi connectivity index (χ1) is 12.3. The molecular weight excluding hydrogens is 344 g/mol. The van der Waals surface area contributed by atoms with E-state index in [2.05, 4.69) is 5.32 Å². The number of aromatic carboxylic acids is 1. The molecule has 0 aromatic heterocycles. The van der Waals surface area contributed by atoms with E-state index in [1.165, 1.54) is 49.6 Å². The second-order valence-electron chi connectivity index (χ2n) is 5.17. The summed E-state index contributed by atoms with van der Waals surface area (Å²) in [5.41, 5.74) is 0.0509. The molecule has 0 saturated heterocycles. The maximum atomic E-state index is 12.1. The van der Waals surface area contributed by atoms with E-state index in [-0.39, 0.29) is 28.3 Å². The quantitative estimate of drug-likeness (QED) is 0.336. The Morgan fingerprint density at radius 2 is 1.73 bits per heavy atom. The molecule has 0 aliphatic rings. The number of methoxy groups -OCH3 is 1. The molecule has 26 heavy (non-hydrogen) atoms. The standard InChI is InChI=1S/C17H14N2O7/c1-26-15-7-4-11(17(22)23)8-13(15)18-16(21)9-14(20)10-2-5-12(6-3-10)19(24)25/h2-8H,9H2,1H3,(H,18,21)(H,22,23). The molecule has 0 saturated carbocycles. The number of carbonyl (C=O) groups excluding carboxylic acids is 2. The summed E-state index contributed by atoms with van der Waals surface area (Å²) >= 11 is 0. The summed E-state index contributed by atoms with van der Waals surface area (Å²) in [6.45, 7) is 0. The zero-order valence-corrected chi connectivity index (χ0v) is 13.6. The number of nitrogens with one attached hydrogen (secondary N) is 1. The monoisotopic (exact) mass is 358 g/mol. The highest BCUT2D eigenvalue weighted by Crippen LogP contribution is 2.26. The number of nitrogens with zero attached hydrogens (tertiary/aromatic N) is 1. The molecule has 9 nitrogen and oxygen atoms in total. The van der Waals surface area contributed by atoms with E-state index in [1.54, 1.807) is 0 Å². The fraction of sp³-hybridized carbons (Fsp3) is 0.118. The highest BCUT2D eigenvalue weighted by molar-refractivity contribution is 6.11. The Balaban J connectivity index is 2.10. The summed E-state index contributed by atoms with van der Waals surface area (Å²) in [4.78, 5) is 45.2. The van der Waals surface area contributed by atoms with Gasteiger partial charge in [-0.2, -0.15) is 0 Å². The van der Waals surface area contributed by atoms with Crippen molar-refractivity contribution in [2.45, 2.75) is 6.42 Å². The van der Waals surface area contributed by atoms with Crippen molar-refractivity contribution in [2.75, 3.05) is 12.4 Å². The normalized spacial score (nSPS) is 10.0. The van der Waals surface area contributed by atoms with E-state index in [4.69, 9.17) is 9.84 Å². The largest absolute Gasteiger partial charge is 0.495 e. The van der Waals surface area contributed by atoms with Gasteiger partial charge in [0.2, 0.25) is 5.91 Å². The molecule has 1 amide bonds. The minimum absolute atomic E-state index is 0.0530. The van der Waals surface area contributed by atoms with Crippen molar-refractivity contribution in [3.63, 3.8) is 0 Å². The number of amides is 1. The average molecular weight is 358 g/mol. The number of carboxylic acid groups (broad SMARTS) is 1. The van der Waals surface area contributed by atoms with Crippen molar-refractivity contribution in [3.05, 3.63) is 63.7 Å². The molecule has 2 aromatic rings. The maximum absolute atomic E-state index is 12.1. The number of nitro groups is 1. The van der Waals surface area contributed by atoms with E-state index >= 15 is 0 Å². The van der Waals surface area contributed by atoms with Crippen LogP contribution >= 0.6 is 0 Å². The van der Waals surface area contributed by atoms with Gasteiger partial charge in [0.15, 0.2) is 5.78 Å². The van der Waals surface area contributed by atoms with Gasteiger partial charge in [-0.05, 0) is 30.3 Å². The molecule has 0 radical (unpaired) electrons. The Morgan fingerprint density at radius 3 is 2.27 bits per heavy atom. The molecule has 2 aromatic carbocycles. The molecule has 0 heterocycles. The Kier molecular flexibility index (Phi) is 5.63. The molecular formula is C17H14N2O7. The molecule has 0 fully saturated rings. The van der Waals surface area contributed by atoms with Crippen LogP contribution in [0.1, 0.15) is 27.1 Å². The first kappa shape index (κ1) is 18.6. The SMILES string of the molecule is COc1ccc(C(=O)O)cc1NC(=O)CC(=O)c1ccc([N+](=O)[O-])cc1. The number of nitro benzene ring substituents is 1. The number of ether oxygens (including phenoxy) is 1. The third-order valence-corrected chi connectivity index (χ3v) is 3.44. The fourth-order valence-corrected chi connectivity index (χ4v) is 2.15. The average Bonchev–Trinajstić information content (AvgIpc) is 2.61. The first-order valence-electron chi connectivity index (χ1n) is 7.30. The van der Waals surface area contributed by atoms with Crippen LogP contribution in [0.15, 0.2) is 42.5 Å². The third kappa shape index (κ3) is 4.41. The molecule has 0 aliphatic carbocycles. The molecule has 0 atom stereocenters. The zero-order chi connectivity index (χ0) is 19.3. The van der Waals surface area contributed by atoms with Crippen LogP contribution in [-0.4, -0.2) is 34.8 Å². The van der Waals surface area contributed by atoms with Crippen LogP contribution in [0.2, 0.25) is 0 Å². The molecule has 134 valence electrons. The van der Waals surface area contributed by atoms with Crippen molar-refractivity contribution in [1.82, 2.24) is 0 Å². The fourth-order valence-electron chi connectivity index (χ4n) is 2.15. The third-order valence-electron chi connectivity index (χ3n) is 3.44. The van der Waals surface area contributed by atoms with Crippen LogP contribution < -0.4 is 10.1 Å². The summed E-state index contributed by atoms with van der Waals surface area (Å²) in [6.07, 6.45) is -0.516. The van der Waals surface area contributed by atoms with E-state index in [0.29, 0.717) is 0 Å². The molecule has 0 unspecified atom stereocenters. The van der Waals surface area contributed by atoms with Gasteiger partial charge in [0, 0.05) is 17.7 Å². The minimum Gasteiger partial charge on any atom is -0.495 e. The van der Waals surface area contributed by atoms with Crippen LogP contribution in [-0.2, 0) is 4.79 Å². The van der Waals surface area contributed by atoms with Gasteiger partial charge in [-0.25, -0.2) is 4.79 Å². The number of hydrogen-bond donors (Lipinski definition) is 2. The number of hydrogen-bond acceptors (Lipinski definition) is 6. The maximum Gasteiger partial charge on any atom is 0.335 e. The highest BCUT2D eigenvalue weighted by atomic mass is 16.6. The topological polar surface area (TPSA) is 136 Å². The highest BCUT2D eigenvalue weighted by Gasteiger charge is 2.16. The van der Waals surface area contributed by atoms with E-state index < -0.39 is 29.0 Å². The summed E-state index contributed by atoms with van der Waals surface area (Å²) in [6, 6.07) is 8.79. The number of ketones is 1. The van der Waals surface area contributed by atoms with E-state index in [0.717, 1.165) is 0 Å². The molecule has 9 heteroatoms. The molecule has 0 aliphatic heterocycles. The van der Waals surface area contributed by atoms with Crippen LogP contribution in [0.4, 0.5) is 11.4 Å². The summed E-state index contributed by atoms with van der Waals surface area (Å²) in [5, 5.41) is 22.0. The van der Waals surface area contributed by atoms with Crippen molar-refractivity contribution >= 4 is 29.0 Å². The number of non-ortho nitro benzene ring substituents is 1. The predicted molar refractivity (Wildman–Crippen MR) is 90.6 cm³/mol. The molecule has 2 rings (SSSR count). The second-order valence-corrected chi connectivity index (χ2v) is 5.17. The Labute approximate surface area is 147 Å². The first-order valence-corrected chi connectivity index (χ1v) is 7.30.